The zero-order valence-corrected chi connectivity index (χ0v) is 47.1. The number of nitrogens with zero attached hydrogens (tertiary/aromatic N) is 1. The maximum atomic E-state index is 12.8. The van der Waals surface area contributed by atoms with Crippen LogP contribution in [-0.2, 0) is 33.3 Å². The Morgan fingerprint density at radius 2 is 0.803 bits per heavy atom. The Morgan fingerprint density at radius 1 is 0.437 bits per heavy atom. The molecule has 0 aliphatic carbocycles. The molecule has 0 aliphatic heterocycles. The van der Waals surface area contributed by atoms with Crippen LogP contribution in [-0.4, -0.2) is 82.3 Å². The van der Waals surface area contributed by atoms with Gasteiger partial charge in [-0.05, 0) is 51.4 Å². The third kappa shape index (κ3) is 54.9. The van der Waals surface area contributed by atoms with E-state index in [0.29, 0.717) is 17.4 Å². The second kappa shape index (κ2) is 53.5. The Balaban J connectivity index is 4.14. The first-order chi connectivity index (χ1) is 34.6. The molecule has 0 saturated heterocycles. The number of aliphatic carboxylic acids is 1. The number of carbonyl (C=O) groups excluding carboxylic acids is 3. The summed E-state index contributed by atoms with van der Waals surface area (Å²) < 4.78 is 22.7. The first-order valence-corrected chi connectivity index (χ1v) is 29.8. The molecule has 0 saturated carbocycles. The number of carbonyl (C=O) groups is 3. The summed E-state index contributed by atoms with van der Waals surface area (Å²) in [5.74, 6) is -2.31. The van der Waals surface area contributed by atoms with Crippen molar-refractivity contribution in [2.24, 2.45) is 0 Å². The molecule has 0 aliphatic rings. The molecule has 0 N–H and O–H groups in total. The van der Waals surface area contributed by atoms with Gasteiger partial charge in [-0.2, -0.15) is 0 Å². The fourth-order valence-electron chi connectivity index (χ4n) is 8.53. The topological polar surface area (TPSA) is 111 Å². The van der Waals surface area contributed by atoms with Crippen molar-refractivity contribution in [2.45, 2.75) is 283 Å². The Bertz CT molecular complexity index is 1300. The predicted molar refractivity (Wildman–Crippen MR) is 297 cm³/mol. The molecule has 9 heteroatoms. The smallest absolute Gasteiger partial charge is 0.306 e. The minimum Gasteiger partial charge on any atom is -0.545 e. The van der Waals surface area contributed by atoms with E-state index < -0.39 is 24.3 Å². The largest absolute Gasteiger partial charge is 0.545 e. The van der Waals surface area contributed by atoms with E-state index in [2.05, 4.69) is 62.5 Å². The number of allylic oxidation sites excluding steroid dienone is 8. The number of hydrogen-bond acceptors (Lipinski definition) is 8. The Hall–Kier alpha value is -2.75. The van der Waals surface area contributed by atoms with Crippen molar-refractivity contribution in [2.75, 3.05) is 47.5 Å². The summed E-state index contributed by atoms with van der Waals surface area (Å²) in [5, 5.41) is 11.8. The molecule has 0 spiro atoms. The molecule has 71 heavy (non-hydrogen) atoms. The quantitative estimate of drug-likeness (QED) is 0.0195. The summed E-state index contributed by atoms with van der Waals surface area (Å²) in [4.78, 5) is 37.3. The number of unbranched alkanes of at least 4 members (excludes halogenated alkanes) is 32. The van der Waals surface area contributed by atoms with Crippen molar-refractivity contribution in [3.63, 3.8) is 0 Å². The van der Waals surface area contributed by atoms with Gasteiger partial charge < -0.3 is 33.3 Å². The normalized spacial score (nSPS) is 13.1. The summed E-state index contributed by atoms with van der Waals surface area (Å²) in [6, 6.07) is 0. The van der Waals surface area contributed by atoms with Gasteiger partial charge >= 0.3 is 11.9 Å². The molecule has 0 aromatic heterocycles. The minimum atomic E-state index is -1.63. The lowest BCUT2D eigenvalue weighted by Crippen LogP contribution is -2.44. The van der Waals surface area contributed by atoms with Crippen LogP contribution in [0.2, 0.25) is 0 Å². The van der Waals surface area contributed by atoms with Gasteiger partial charge in [0.05, 0.1) is 40.3 Å². The molecular formula is C62H113NO8. The maximum Gasteiger partial charge on any atom is 0.306 e. The summed E-state index contributed by atoms with van der Waals surface area (Å²) >= 11 is 0. The average Bonchev–Trinajstić information content (AvgIpc) is 3.34. The lowest BCUT2D eigenvalue weighted by atomic mass is 10.0. The van der Waals surface area contributed by atoms with Gasteiger partial charge in [0.2, 0.25) is 0 Å². The summed E-state index contributed by atoms with van der Waals surface area (Å²) in [6.07, 6.45) is 63.2. The number of carboxylic acids is 1. The van der Waals surface area contributed by atoms with Crippen molar-refractivity contribution in [3.05, 3.63) is 48.6 Å². The van der Waals surface area contributed by atoms with Gasteiger partial charge in [0, 0.05) is 12.8 Å². The summed E-state index contributed by atoms with van der Waals surface area (Å²) in [5.41, 5.74) is 0. The van der Waals surface area contributed by atoms with Crippen molar-refractivity contribution in [3.8, 4) is 0 Å². The van der Waals surface area contributed by atoms with E-state index in [9.17, 15) is 19.5 Å². The number of rotatable bonds is 55. The molecule has 0 bridgehead atoms. The Kier molecular flexibility index (Phi) is 51.5. The fourth-order valence-corrected chi connectivity index (χ4v) is 8.53. The van der Waals surface area contributed by atoms with Crippen molar-refractivity contribution in [1.82, 2.24) is 0 Å². The molecule has 2 unspecified atom stereocenters. The predicted octanol–water partition coefficient (Wildman–Crippen LogP) is 16.1. The number of likely N-dealkylation sites (N-methyl/N-ethyl adjacent to an activating group) is 1. The Labute approximate surface area is 438 Å². The summed E-state index contributed by atoms with van der Waals surface area (Å²) in [6.45, 7) is 4.64. The molecule has 0 heterocycles. The third-order valence-corrected chi connectivity index (χ3v) is 13.1. The highest BCUT2D eigenvalue weighted by Crippen LogP contribution is 2.17. The zero-order valence-electron chi connectivity index (χ0n) is 47.1. The van der Waals surface area contributed by atoms with Crippen LogP contribution in [0.25, 0.3) is 0 Å². The first-order valence-electron chi connectivity index (χ1n) is 29.8. The number of ether oxygens (including phenoxy) is 4. The van der Waals surface area contributed by atoms with Crippen LogP contribution >= 0.6 is 0 Å². The SMILES string of the molecule is CC/C=C\C/C=C\C/C=C\C/C=C\CCCCCCC(=O)OC(COC(=O)CCCCCCCCCCCCCCCCCCCCCCCCCCCCCCC)COC(OCC[N+](C)(C)C)C(=O)[O-]. The number of quaternary nitrogens is 1. The van der Waals surface area contributed by atoms with E-state index in [-0.39, 0.29) is 38.6 Å². The van der Waals surface area contributed by atoms with Crippen LogP contribution < -0.4 is 5.11 Å². The standard InChI is InChI=1S/C62H113NO8/c1-6-8-10-12-14-16-18-20-22-24-25-26-27-28-29-30-31-32-33-34-35-37-38-40-42-44-46-48-50-52-59(64)69-56-58(57-70-62(61(66)67)68-55-54-63(3,4)5)71-60(65)53-51-49-47-45-43-41-39-36-23-21-19-17-15-13-11-9-7-2/h9,11,15,17,21,23,39,41,58,62H,6-8,10,12-14,16,18-20,22,24-38,40,42-57H2,1-5H3/b11-9-,17-15-,23-21-,41-39-. The fraction of sp³-hybridized carbons (Fsp3) is 0.823. The molecule has 9 nitrogen and oxygen atoms in total. The van der Waals surface area contributed by atoms with Crippen LogP contribution in [0.1, 0.15) is 271 Å². The molecule has 0 amide bonds. The lowest BCUT2D eigenvalue weighted by molar-refractivity contribution is -0.870. The first kappa shape index (κ1) is 68.2. The Morgan fingerprint density at radius 3 is 1.20 bits per heavy atom. The number of esters is 2. The second-order valence-electron chi connectivity index (χ2n) is 21.3. The van der Waals surface area contributed by atoms with Gasteiger partial charge in [0.15, 0.2) is 12.4 Å². The van der Waals surface area contributed by atoms with Gasteiger partial charge in [0.25, 0.3) is 0 Å². The highest BCUT2D eigenvalue weighted by atomic mass is 16.7. The van der Waals surface area contributed by atoms with Crippen LogP contribution in [0.15, 0.2) is 48.6 Å². The third-order valence-electron chi connectivity index (χ3n) is 13.1. The van der Waals surface area contributed by atoms with Gasteiger partial charge in [-0.1, -0.05) is 255 Å². The van der Waals surface area contributed by atoms with Crippen molar-refractivity contribution < 1.29 is 42.9 Å². The van der Waals surface area contributed by atoms with Crippen molar-refractivity contribution in [1.29, 1.82) is 0 Å². The highest BCUT2D eigenvalue weighted by molar-refractivity contribution is 5.70. The van der Waals surface area contributed by atoms with E-state index in [1.807, 2.05) is 21.1 Å². The molecule has 0 radical (unpaired) electrons. The van der Waals surface area contributed by atoms with E-state index in [1.165, 1.54) is 167 Å². The monoisotopic (exact) mass is 1000 g/mol. The molecule has 0 rings (SSSR count). The molecule has 2 atom stereocenters. The van der Waals surface area contributed by atoms with Gasteiger partial charge in [-0.15, -0.1) is 0 Å². The average molecular weight is 1000 g/mol. The van der Waals surface area contributed by atoms with E-state index in [1.54, 1.807) is 0 Å². The zero-order chi connectivity index (χ0) is 52.0. The van der Waals surface area contributed by atoms with E-state index >= 15 is 0 Å². The molecular weight excluding hydrogens is 887 g/mol. The number of carboxylic acid groups (broad SMARTS) is 1. The van der Waals surface area contributed by atoms with Crippen LogP contribution in [0.5, 0.6) is 0 Å². The van der Waals surface area contributed by atoms with E-state index in [4.69, 9.17) is 18.9 Å². The highest BCUT2D eigenvalue weighted by Gasteiger charge is 2.22. The molecule has 0 aromatic carbocycles. The van der Waals surface area contributed by atoms with Gasteiger partial charge in [-0.3, -0.25) is 9.59 Å². The summed E-state index contributed by atoms with van der Waals surface area (Å²) in [7, 11) is 5.91. The van der Waals surface area contributed by atoms with Crippen LogP contribution in [0, 0.1) is 0 Å². The second-order valence-corrected chi connectivity index (χ2v) is 21.3. The maximum absolute atomic E-state index is 12.8. The van der Waals surface area contributed by atoms with Gasteiger partial charge in [0.1, 0.15) is 13.2 Å². The van der Waals surface area contributed by atoms with Crippen LogP contribution in [0.4, 0.5) is 0 Å². The van der Waals surface area contributed by atoms with Crippen LogP contribution in [0.3, 0.4) is 0 Å². The molecule has 0 aromatic rings. The van der Waals surface area contributed by atoms with E-state index in [0.717, 1.165) is 70.6 Å². The minimum absolute atomic E-state index is 0.142. The number of hydrogen-bond donors (Lipinski definition) is 0. The molecule has 414 valence electrons. The molecule has 0 fully saturated rings. The lowest BCUT2D eigenvalue weighted by Gasteiger charge is -2.26. The van der Waals surface area contributed by atoms with Gasteiger partial charge in [-0.25, -0.2) is 0 Å². The van der Waals surface area contributed by atoms with Crippen molar-refractivity contribution >= 4 is 17.9 Å².